The van der Waals surface area contributed by atoms with Gasteiger partial charge in [-0.25, -0.2) is 0 Å². The Kier molecular flexibility index (Phi) is 3.13. The zero-order valence-electron chi connectivity index (χ0n) is 9.60. The standard InChI is InChI=1S/C12H24N2/c1-3-10-7-11(10)14-9-12(4-2)5-6-13-8-12/h10-11,13-14H,3-9H2,1-2H3. The topological polar surface area (TPSA) is 24.1 Å². The minimum absolute atomic E-state index is 0.570. The van der Waals surface area contributed by atoms with E-state index in [1.165, 1.54) is 45.3 Å². The lowest BCUT2D eigenvalue weighted by Crippen LogP contribution is -2.37. The Morgan fingerprint density at radius 3 is 2.79 bits per heavy atom. The fourth-order valence-corrected chi connectivity index (χ4v) is 2.67. The van der Waals surface area contributed by atoms with Crippen molar-refractivity contribution in [1.29, 1.82) is 0 Å². The van der Waals surface area contributed by atoms with Crippen LogP contribution in [-0.2, 0) is 0 Å². The number of nitrogens with one attached hydrogen (secondary N) is 2. The minimum atomic E-state index is 0.570. The molecule has 1 heterocycles. The second-order valence-electron chi connectivity index (χ2n) is 5.17. The van der Waals surface area contributed by atoms with Crippen molar-refractivity contribution in [3.63, 3.8) is 0 Å². The predicted molar refractivity (Wildman–Crippen MR) is 60.4 cm³/mol. The normalized spacial score (nSPS) is 41.6. The van der Waals surface area contributed by atoms with Gasteiger partial charge in [0.25, 0.3) is 0 Å². The maximum absolute atomic E-state index is 3.75. The van der Waals surface area contributed by atoms with E-state index < -0.39 is 0 Å². The minimum Gasteiger partial charge on any atom is -0.316 e. The van der Waals surface area contributed by atoms with E-state index in [9.17, 15) is 0 Å². The van der Waals surface area contributed by atoms with Crippen LogP contribution in [0.2, 0.25) is 0 Å². The van der Waals surface area contributed by atoms with Gasteiger partial charge in [0.2, 0.25) is 0 Å². The van der Waals surface area contributed by atoms with Gasteiger partial charge < -0.3 is 10.6 Å². The molecule has 2 heteroatoms. The Hall–Kier alpha value is -0.0800. The van der Waals surface area contributed by atoms with Gasteiger partial charge in [0.05, 0.1) is 0 Å². The van der Waals surface area contributed by atoms with Crippen LogP contribution in [0.3, 0.4) is 0 Å². The van der Waals surface area contributed by atoms with Gasteiger partial charge in [-0.2, -0.15) is 0 Å². The predicted octanol–water partition coefficient (Wildman–Crippen LogP) is 1.76. The van der Waals surface area contributed by atoms with Gasteiger partial charge in [-0.3, -0.25) is 0 Å². The monoisotopic (exact) mass is 196 g/mol. The summed E-state index contributed by atoms with van der Waals surface area (Å²) in [5.41, 5.74) is 0.570. The van der Waals surface area contributed by atoms with E-state index in [-0.39, 0.29) is 0 Å². The smallest absolute Gasteiger partial charge is 0.00992 e. The molecule has 0 aromatic heterocycles. The maximum Gasteiger partial charge on any atom is 0.00992 e. The van der Waals surface area contributed by atoms with Crippen molar-refractivity contribution in [2.75, 3.05) is 19.6 Å². The van der Waals surface area contributed by atoms with Crippen molar-refractivity contribution in [2.24, 2.45) is 11.3 Å². The zero-order valence-corrected chi connectivity index (χ0v) is 9.60. The summed E-state index contributed by atoms with van der Waals surface area (Å²) in [6, 6.07) is 0.851. The molecule has 0 amide bonds. The molecule has 0 spiro atoms. The summed E-state index contributed by atoms with van der Waals surface area (Å²) in [6.07, 6.45) is 5.45. The summed E-state index contributed by atoms with van der Waals surface area (Å²) < 4.78 is 0. The van der Waals surface area contributed by atoms with Crippen LogP contribution in [0.25, 0.3) is 0 Å². The highest BCUT2D eigenvalue weighted by Gasteiger charge is 2.38. The van der Waals surface area contributed by atoms with E-state index in [0.29, 0.717) is 5.41 Å². The lowest BCUT2D eigenvalue weighted by Gasteiger charge is -2.27. The quantitative estimate of drug-likeness (QED) is 0.700. The van der Waals surface area contributed by atoms with Gasteiger partial charge >= 0.3 is 0 Å². The first-order chi connectivity index (χ1) is 6.79. The van der Waals surface area contributed by atoms with Crippen molar-refractivity contribution >= 4 is 0 Å². The van der Waals surface area contributed by atoms with Crippen molar-refractivity contribution in [1.82, 2.24) is 10.6 Å². The van der Waals surface area contributed by atoms with Crippen LogP contribution in [0.4, 0.5) is 0 Å². The molecule has 0 aromatic carbocycles. The van der Waals surface area contributed by atoms with Crippen molar-refractivity contribution in [3.8, 4) is 0 Å². The molecule has 2 aliphatic rings. The van der Waals surface area contributed by atoms with Crippen LogP contribution in [0.1, 0.15) is 39.5 Å². The van der Waals surface area contributed by atoms with Crippen LogP contribution >= 0.6 is 0 Å². The first kappa shape index (κ1) is 10.4. The van der Waals surface area contributed by atoms with Gasteiger partial charge in [-0.15, -0.1) is 0 Å². The molecule has 2 rings (SSSR count). The molecule has 1 saturated heterocycles. The molecule has 0 bridgehead atoms. The average Bonchev–Trinajstić information content (AvgIpc) is 2.84. The number of hydrogen-bond acceptors (Lipinski definition) is 2. The fraction of sp³-hybridized carbons (Fsp3) is 1.00. The second kappa shape index (κ2) is 4.19. The maximum atomic E-state index is 3.75. The van der Waals surface area contributed by atoms with E-state index in [2.05, 4.69) is 24.5 Å². The summed E-state index contributed by atoms with van der Waals surface area (Å²) in [5.74, 6) is 0.985. The van der Waals surface area contributed by atoms with Crippen LogP contribution in [-0.4, -0.2) is 25.7 Å². The van der Waals surface area contributed by atoms with E-state index >= 15 is 0 Å². The number of hydrogen-bond donors (Lipinski definition) is 2. The van der Waals surface area contributed by atoms with Gasteiger partial charge in [0.1, 0.15) is 0 Å². The molecule has 0 aromatic rings. The molecular formula is C12H24N2. The zero-order chi connectivity index (χ0) is 10.0. The van der Waals surface area contributed by atoms with Crippen LogP contribution < -0.4 is 10.6 Å². The molecule has 0 radical (unpaired) electrons. The molecule has 14 heavy (non-hydrogen) atoms. The van der Waals surface area contributed by atoms with Crippen LogP contribution in [0.5, 0.6) is 0 Å². The highest BCUT2D eigenvalue weighted by Crippen LogP contribution is 2.35. The molecule has 1 saturated carbocycles. The molecule has 3 unspecified atom stereocenters. The van der Waals surface area contributed by atoms with Gasteiger partial charge in [-0.05, 0) is 37.1 Å². The number of rotatable bonds is 5. The highest BCUT2D eigenvalue weighted by atomic mass is 15.0. The lowest BCUT2D eigenvalue weighted by molar-refractivity contribution is 0.288. The fourth-order valence-electron chi connectivity index (χ4n) is 2.67. The average molecular weight is 196 g/mol. The third-order valence-corrected chi connectivity index (χ3v) is 4.27. The van der Waals surface area contributed by atoms with Crippen molar-refractivity contribution in [2.45, 2.75) is 45.6 Å². The summed E-state index contributed by atoms with van der Waals surface area (Å²) in [5, 5.41) is 7.24. The molecule has 3 atom stereocenters. The Labute approximate surface area is 87.8 Å². The summed E-state index contributed by atoms with van der Waals surface area (Å²) >= 11 is 0. The largest absolute Gasteiger partial charge is 0.316 e. The molecule has 1 aliphatic heterocycles. The third-order valence-electron chi connectivity index (χ3n) is 4.27. The SMILES string of the molecule is CCC1CC1NCC1(CC)CCNC1. The van der Waals surface area contributed by atoms with Gasteiger partial charge in [0.15, 0.2) is 0 Å². The Morgan fingerprint density at radius 1 is 1.43 bits per heavy atom. The summed E-state index contributed by atoms with van der Waals surface area (Å²) in [4.78, 5) is 0. The Balaban J connectivity index is 1.73. The molecular weight excluding hydrogens is 172 g/mol. The van der Waals surface area contributed by atoms with E-state index in [1.54, 1.807) is 0 Å². The third kappa shape index (κ3) is 2.12. The Morgan fingerprint density at radius 2 is 2.29 bits per heavy atom. The molecule has 2 fully saturated rings. The van der Waals surface area contributed by atoms with E-state index in [0.717, 1.165) is 12.0 Å². The summed E-state index contributed by atoms with van der Waals surface area (Å²) in [6.45, 7) is 8.31. The van der Waals surface area contributed by atoms with Gasteiger partial charge in [0, 0.05) is 19.1 Å². The molecule has 1 aliphatic carbocycles. The van der Waals surface area contributed by atoms with Crippen molar-refractivity contribution < 1.29 is 0 Å². The van der Waals surface area contributed by atoms with Crippen LogP contribution in [0.15, 0.2) is 0 Å². The lowest BCUT2D eigenvalue weighted by atomic mass is 9.84. The molecule has 2 nitrogen and oxygen atoms in total. The van der Waals surface area contributed by atoms with E-state index in [1.807, 2.05) is 0 Å². The van der Waals surface area contributed by atoms with E-state index in [4.69, 9.17) is 0 Å². The summed E-state index contributed by atoms with van der Waals surface area (Å²) in [7, 11) is 0. The molecule has 2 N–H and O–H groups in total. The molecule has 82 valence electrons. The first-order valence-electron chi connectivity index (χ1n) is 6.24. The van der Waals surface area contributed by atoms with Gasteiger partial charge in [-0.1, -0.05) is 20.3 Å². The van der Waals surface area contributed by atoms with Crippen LogP contribution in [0, 0.1) is 11.3 Å². The Bertz CT molecular complexity index is 185. The first-order valence-corrected chi connectivity index (χ1v) is 6.24. The second-order valence-corrected chi connectivity index (χ2v) is 5.17. The van der Waals surface area contributed by atoms with Crippen molar-refractivity contribution in [3.05, 3.63) is 0 Å². The highest BCUT2D eigenvalue weighted by molar-refractivity contribution is 4.96.